The molecule has 1 aromatic rings. The van der Waals surface area contributed by atoms with Crippen LogP contribution in [0.2, 0.25) is 0 Å². The van der Waals surface area contributed by atoms with Crippen LogP contribution in [-0.4, -0.2) is 32.5 Å². The van der Waals surface area contributed by atoms with Crippen LogP contribution >= 0.6 is 0 Å². The van der Waals surface area contributed by atoms with Crippen molar-refractivity contribution in [1.82, 2.24) is 0 Å². The van der Waals surface area contributed by atoms with E-state index in [0.717, 1.165) is 0 Å². The number of phenols is 1. The van der Waals surface area contributed by atoms with Gasteiger partial charge < -0.3 is 15.3 Å². The summed E-state index contributed by atoms with van der Waals surface area (Å²) in [7, 11) is 0. The lowest BCUT2D eigenvalue weighted by Gasteiger charge is -2.41. The Morgan fingerprint density at radius 3 is 2.14 bits per heavy atom. The normalized spacial score (nSPS) is 28.5. The van der Waals surface area contributed by atoms with Gasteiger partial charge in [0, 0.05) is 17.9 Å². The Hall–Kier alpha value is -2.14. The molecule has 0 radical (unpaired) electrons. The molecule has 5 nitrogen and oxygen atoms in total. The molecular weight excluding hydrogens is 284 g/mol. The first-order chi connectivity index (χ1) is 10.1. The average molecular weight is 304 g/mol. The number of carbonyl (C=O) groups excluding carboxylic acids is 2. The average Bonchev–Trinajstić information content (AvgIpc) is 2.36. The second kappa shape index (κ2) is 5.57. The maximum atomic E-state index is 12.1. The molecule has 0 aliphatic heterocycles. The Balaban J connectivity index is 2.69. The van der Waals surface area contributed by atoms with Crippen LogP contribution in [0.3, 0.4) is 0 Å². The smallest absolute Gasteiger partial charge is 0.159 e. The molecule has 118 valence electrons. The third-order valence-electron chi connectivity index (χ3n) is 4.22. The number of benzene rings is 1. The maximum Gasteiger partial charge on any atom is 0.159 e. The SMILES string of the molecule is CC(=O)C1=C(O)C[C@](C)(O)[C@@H](C(C)=O)[C@@H]1c1ccc(O)cc1. The molecular formula is C17H20O5. The maximum absolute atomic E-state index is 12.1. The number of aliphatic hydroxyl groups excluding tert-OH is 1. The predicted octanol–water partition coefficient (Wildman–Crippen LogP) is 2.24. The Labute approximate surface area is 128 Å². The number of allylic oxidation sites excluding steroid dienone is 1. The van der Waals surface area contributed by atoms with Crippen LogP contribution in [0.1, 0.15) is 38.7 Å². The van der Waals surface area contributed by atoms with Gasteiger partial charge >= 0.3 is 0 Å². The van der Waals surface area contributed by atoms with Gasteiger partial charge in [-0.3, -0.25) is 9.59 Å². The zero-order chi connectivity index (χ0) is 16.7. The van der Waals surface area contributed by atoms with Gasteiger partial charge in [0.25, 0.3) is 0 Å². The summed E-state index contributed by atoms with van der Waals surface area (Å²) in [6, 6.07) is 6.08. The van der Waals surface area contributed by atoms with E-state index in [-0.39, 0.29) is 35.1 Å². The fourth-order valence-corrected chi connectivity index (χ4v) is 3.38. The van der Waals surface area contributed by atoms with E-state index in [0.29, 0.717) is 5.56 Å². The van der Waals surface area contributed by atoms with Crippen molar-refractivity contribution in [3.8, 4) is 5.75 Å². The van der Waals surface area contributed by atoms with Gasteiger partial charge in [-0.2, -0.15) is 0 Å². The van der Waals surface area contributed by atoms with Crippen molar-refractivity contribution in [3.05, 3.63) is 41.2 Å². The Morgan fingerprint density at radius 2 is 1.68 bits per heavy atom. The van der Waals surface area contributed by atoms with E-state index >= 15 is 0 Å². The minimum absolute atomic E-state index is 0.0586. The van der Waals surface area contributed by atoms with Crippen LogP contribution in [0.25, 0.3) is 0 Å². The van der Waals surface area contributed by atoms with Crippen molar-refractivity contribution in [3.63, 3.8) is 0 Å². The second-order valence-electron chi connectivity index (χ2n) is 6.11. The van der Waals surface area contributed by atoms with Crippen molar-refractivity contribution in [2.24, 2.45) is 5.92 Å². The largest absolute Gasteiger partial charge is 0.512 e. The molecule has 1 aliphatic rings. The van der Waals surface area contributed by atoms with Crippen molar-refractivity contribution in [1.29, 1.82) is 0 Å². The van der Waals surface area contributed by atoms with Crippen LogP contribution in [0.4, 0.5) is 0 Å². The molecule has 0 bridgehead atoms. The van der Waals surface area contributed by atoms with E-state index in [2.05, 4.69) is 0 Å². The third kappa shape index (κ3) is 2.76. The molecule has 2 rings (SSSR count). The van der Waals surface area contributed by atoms with E-state index < -0.39 is 17.4 Å². The monoisotopic (exact) mass is 304 g/mol. The molecule has 0 saturated carbocycles. The van der Waals surface area contributed by atoms with E-state index in [1.807, 2.05) is 0 Å². The zero-order valence-electron chi connectivity index (χ0n) is 12.8. The Morgan fingerprint density at radius 1 is 1.14 bits per heavy atom. The molecule has 0 amide bonds. The number of rotatable bonds is 3. The first kappa shape index (κ1) is 16.2. The van der Waals surface area contributed by atoms with Gasteiger partial charge in [-0.05, 0) is 38.5 Å². The zero-order valence-corrected chi connectivity index (χ0v) is 12.8. The van der Waals surface area contributed by atoms with Crippen LogP contribution in [0.15, 0.2) is 35.6 Å². The highest BCUT2D eigenvalue weighted by atomic mass is 16.3. The summed E-state index contributed by atoms with van der Waals surface area (Å²) in [5, 5.41) is 30.2. The molecule has 0 saturated heterocycles. The molecule has 0 heterocycles. The van der Waals surface area contributed by atoms with Crippen molar-refractivity contribution < 1.29 is 24.9 Å². The molecule has 3 atom stereocenters. The molecule has 3 N–H and O–H groups in total. The summed E-state index contributed by atoms with van der Waals surface area (Å²) in [6.07, 6.45) is -0.138. The summed E-state index contributed by atoms with van der Waals surface area (Å²) in [4.78, 5) is 24.1. The number of ketones is 2. The van der Waals surface area contributed by atoms with Gasteiger partial charge in [-0.25, -0.2) is 0 Å². The van der Waals surface area contributed by atoms with Gasteiger partial charge in [0.1, 0.15) is 17.3 Å². The highest BCUT2D eigenvalue weighted by Crippen LogP contribution is 2.47. The van der Waals surface area contributed by atoms with Crippen LogP contribution in [0.5, 0.6) is 5.75 Å². The standard InChI is InChI=1S/C17H20O5/c1-9(18)14-13(21)8-17(3,22)16(10(2)19)15(14)11-4-6-12(20)7-5-11/h4-7,15-16,20-22H,8H2,1-3H3/t15-,16+,17+/m1/s1. The summed E-state index contributed by atoms with van der Waals surface area (Å²) in [5.74, 6) is -2.30. The molecule has 22 heavy (non-hydrogen) atoms. The van der Waals surface area contributed by atoms with Crippen molar-refractivity contribution in [2.75, 3.05) is 0 Å². The number of phenolic OH excluding ortho intramolecular Hbond substituents is 1. The number of hydrogen-bond acceptors (Lipinski definition) is 5. The molecule has 5 heteroatoms. The lowest BCUT2D eigenvalue weighted by Crippen LogP contribution is -2.47. The predicted molar refractivity (Wildman–Crippen MR) is 80.6 cm³/mol. The fourth-order valence-electron chi connectivity index (χ4n) is 3.38. The molecule has 1 aliphatic carbocycles. The van der Waals surface area contributed by atoms with Crippen molar-refractivity contribution >= 4 is 11.6 Å². The minimum Gasteiger partial charge on any atom is -0.512 e. The molecule has 0 unspecified atom stereocenters. The number of Topliss-reactive ketones (excluding diaryl/α,β-unsaturated/α-hetero) is 2. The summed E-state index contributed by atoms with van der Waals surface area (Å²) < 4.78 is 0. The third-order valence-corrected chi connectivity index (χ3v) is 4.22. The van der Waals surface area contributed by atoms with E-state index in [4.69, 9.17) is 0 Å². The van der Waals surface area contributed by atoms with Gasteiger partial charge in [-0.1, -0.05) is 12.1 Å². The highest BCUT2D eigenvalue weighted by Gasteiger charge is 2.49. The van der Waals surface area contributed by atoms with Crippen LogP contribution in [0, 0.1) is 5.92 Å². The Bertz CT molecular complexity index is 640. The summed E-state index contributed by atoms with van der Waals surface area (Å²) in [6.45, 7) is 4.18. The van der Waals surface area contributed by atoms with Crippen LogP contribution in [-0.2, 0) is 9.59 Å². The number of hydrogen-bond donors (Lipinski definition) is 3. The van der Waals surface area contributed by atoms with Gasteiger partial charge in [-0.15, -0.1) is 0 Å². The van der Waals surface area contributed by atoms with E-state index in [1.54, 1.807) is 12.1 Å². The summed E-state index contributed by atoms with van der Waals surface area (Å²) in [5.41, 5.74) is -0.704. The van der Waals surface area contributed by atoms with Gasteiger partial charge in [0.05, 0.1) is 11.5 Å². The second-order valence-corrected chi connectivity index (χ2v) is 6.11. The number of aromatic hydroxyl groups is 1. The lowest BCUT2D eigenvalue weighted by molar-refractivity contribution is -0.132. The van der Waals surface area contributed by atoms with Gasteiger partial charge in [0.2, 0.25) is 0 Å². The molecule has 0 aromatic heterocycles. The fraction of sp³-hybridized carbons (Fsp3) is 0.412. The first-order valence-corrected chi connectivity index (χ1v) is 7.10. The van der Waals surface area contributed by atoms with Gasteiger partial charge in [0.15, 0.2) is 5.78 Å². The molecule has 0 fully saturated rings. The summed E-state index contributed by atoms with van der Waals surface area (Å²) >= 11 is 0. The van der Waals surface area contributed by atoms with E-state index in [9.17, 15) is 24.9 Å². The number of carbonyl (C=O) groups is 2. The quantitative estimate of drug-likeness (QED) is 0.796. The molecule has 0 spiro atoms. The lowest BCUT2D eigenvalue weighted by atomic mass is 9.64. The molecule has 1 aromatic carbocycles. The first-order valence-electron chi connectivity index (χ1n) is 7.10. The minimum atomic E-state index is -1.45. The Kier molecular flexibility index (Phi) is 4.11. The van der Waals surface area contributed by atoms with Crippen molar-refractivity contribution in [2.45, 2.75) is 38.7 Å². The highest BCUT2D eigenvalue weighted by molar-refractivity contribution is 5.97. The van der Waals surface area contributed by atoms with Crippen LogP contribution < -0.4 is 0 Å². The topological polar surface area (TPSA) is 94.8 Å². The van der Waals surface area contributed by atoms with E-state index in [1.165, 1.54) is 32.9 Å². The number of aliphatic hydroxyl groups is 2.